The van der Waals surface area contributed by atoms with E-state index in [1.165, 1.54) is 11.1 Å². The number of benzene rings is 2. The monoisotopic (exact) mass is 213 g/mol. The third kappa shape index (κ3) is 2.23. The van der Waals surface area contributed by atoms with Crippen molar-refractivity contribution < 1.29 is 5.11 Å². The molecule has 16 heavy (non-hydrogen) atoms. The molecular weight excluding hydrogens is 198 g/mol. The van der Waals surface area contributed by atoms with E-state index in [9.17, 15) is 5.11 Å². The van der Waals surface area contributed by atoms with E-state index >= 15 is 0 Å². The van der Waals surface area contributed by atoms with Gasteiger partial charge in [-0.05, 0) is 35.9 Å². The third-order valence-electron chi connectivity index (χ3n) is 2.56. The summed E-state index contributed by atoms with van der Waals surface area (Å²) in [5.41, 5.74) is 3.59. The van der Waals surface area contributed by atoms with Crippen LogP contribution in [0.15, 0.2) is 48.5 Å². The third-order valence-corrected chi connectivity index (χ3v) is 2.56. The number of nitrogens with one attached hydrogen (secondary N) is 1. The Balaban J connectivity index is 2.42. The van der Waals surface area contributed by atoms with Crippen molar-refractivity contribution in [1.29, 1.82) is 0 Å². The van der Waals surface area contributed by atoms with Crippen LogP contribution in [0.5, 0.6) is 5.75 Å². The summed E-state index contributed by atoms with van der Waals surface area (Å²) in [7, 11) is 1.94. The molecule has 2 aromatic rings. The first-order chi connectivity index (χ1) is 7.81. The average Bonchev–Trinajstić information content (AvgIpc) is 2.32. The molecule has 2 nitrogen and oxygen atoms in total. The molecule has 0 aliphatic rings. The molecular formula is C14H15NO. The van der Waals surface area contributed by atoms with E-state index in [0.717, 1.165) is 12.1 Å². The minimum Gasteiger partial charge on any atom is -0.508 e. The first-order valence-corrected chi connectivity index (χ1v) is 5.33. The second-order valence-electron chi connectivity index (χ2n) is 3.73. The highest BCUT2D eigenvalue weighted by molar-refractivity contribution is 5.67. The summed E-state index contributed by atoms with van der Waals surface area (Å²) in [6.07, 6.45) is 0. The van der Waals surface area contributed by atoms with Crippen molar-refractivity contribution in [2.24, 2.45) is 0 Å². The van der Waals surface area contributed by atoms with Gasteiger partial charge in [-0.1, -0.05) is 36.4 Å². The van der Waals surface area contributed by atoms with Gasteiger partial charge in [-0.3, -0.25) is 0 Å². The molecule has 0 saturated carbocycles. The zero-order valence-electron chi connectivity index (χ0n) is 9.27. The lowest BCUT2D eigenvalue weighted by atomic mass is 10.00. The summed E-state index contributed by atoms with van der Waals surface area (Å²) in [5, 5.41) is 12.4. The summed E-state index contributed by atoms with van der Waals surface area (Å²) < 4.78 is 0. The second-order valence-corrected chi connectivity index (χ2v) is 3.73. The summed E-state index contributed by atoms with van der Waals surface area (Å²) in [4.78, 5) is 0. The molecule has 0 fully saturated rings. The van der Waals surface area contributed by atoms with Crippen LogP contribution in [-0.4, -0.2) is 12.2 Å². The van der Waals surface area contributed by atoms with Crippen LogP contribution >= 0.6 is 0 Å². The average molecular weight is 213 g/mol. The Hall–Kier alpha value is -1.80. The van der Waals surface area contributed by atoms with Gasteiger partial charge in [0.2, 0.25) is 0 Å². The summed E-state index contributed by atoms with van der Waals surface area (Å²) in [6.45, 7) is 0.844. The lowest BCUT2D eigenvalue weighted by molar-refractivity contribution is 0.475. The molecule has 0 spiro atoms. The minimum atomic E-state index is 0.301. The maximum absolute atomic E-state index is 9.26. The molecule has 0 aromatic heterocycles. The van der Waals surface area contributed by atoms with Crippen LogP contribution in [0.2, 0.25) is 0 Å². The van der Waals surface area contributed by atoms with Gasteiger partial charge in [-0.25, -0.2) is 0 Å². The van der Waals surface area contributed by atoms with E-state index in [-0.39, 0.29) is 0 Å². The Labute approximate surface area is 95.6 Å². The molecule has 0 heterocycles. The molecule has 2 N–H and O–H groups in total. The van der Waals surface area contributed by atoms with E-state index in [1.54, 1.807) is 12.1 Å². The topological polar surface area (TPSA) is 32.3 Å². The van der Waals surface area contributed by atoms with Crippen LogP contribution in [0.3, 0.4) is 0 Å². The molecule has 0 atom stereocenters. The number of rotatable bonds is 3. The van der Waals surface area contributed by atoms with Gasteiger partial charge < -0.3 is 10.4 Å². The molecule has 2 rings (SSSR count). The van der Waals surface area contributed by atoms with E-state index in [4.69, 9.17) is 0 Å². The van der Waals surface area contributed by atoms with Crippen LogP contribution in [0.1, 0.15) is 5.56 Å². The van der Waals surface area contributed by atoms with Crippen molar-refractivity contribution in [2.45, 2.75) is 6.54 Å². The quantitative estimate of drug-likeness (QED) is 0.821. The first-order valence-electron chi connectivity index (χ1n) is 5.33. The Morgan fingerprint density at radius 3 is 2.38 bits per heavy atom. The molecule has 0 saturated heterocycles. The zero-order chi connectivity index (χ0) is 11.4. The van der Waals surface area contributed by atoms with Gasteiger partial charge in [0.15, 0.2) is 0 Å². The van der Waals surface area contributed by atoms with Crippen molar-refractivity contribution >= 4 is 0 Å². The molecule has 0 aliphatic heterocycles. The van der Waals surface area contributed by atoms with Crippen molar-refractivity contribution in [3.63, 3.8) is 0 Å². The smallest absolute Gasteiger partial charge is 0.115 e. The highest BCUT2D eigenvalue weighted by atomic mass is 16.3. The van der Waals surface area contributed by atoms with Gasteiger partial charge in [0, 0.05) is 6.54 Å². The molecule has 0 radical (unpaired) electrons. The van der Waals surface area contributed by atoms with E-state index < -0.39 is 0 Å². The molecule has 82 valence electrons. The second kappa shape index (κ2) is 4.81. The van der Waals surface area contributed by atoms with Crippen molar-refractivity contribution in [2.75, 3.05) is 7.05 Å². The van der Waals surface area contributed by atoms with E-state index in [0.29, 0.717) is 5.75 Å². The van der Waals surface area contributed by atoms with Gasteiger partial charge in [-0.2, -0.15) is 0 Å². The number of hydrogen-bond donors (Lipinski definition) is 2. The van der Waals surface area contributed by atoms with Gasteiger partial charge in [0.25, 0.3) is 0 Å². The standard InChI is InChI=1S/C14H15NO/c1-15-10-12-4-2-3-5-14(12)11-6-8-13(16)9-7-11/h2-9,15-16H,10H2,1H3. The van der Waals surface area contributed by atoms with Gasteiger partial charge >= 0.3 is 0 Å². The van der Waals surface area contributed by atoms with Crippen LogP contribution in [0.25, 0.3) is 11.1 Å². The predicted octanol–water partition coefficient (Wildman–Crippen LogP) is 2.78. The lowest BCUT2D eigenvalue weighted by Crippen LogP contribution is -2.06. The van der Waals surface area contributed by atoms with E-state index in [1.807, 2.05) is 31.3 Å². The fourth-order valence-electron chi connectivity index (χ4n) is 1.79. The summed E-state index contributed by atoms with van der Waals surface area (Å²) >= 11 is 0. The number of phenols is 1. The van der Waals surface area contributed by atoms with Crippen LogP contribution < -0.4 is 5.32 Å². The molecule has 0 amide bonds. The molecule has 0 unspecified atom stereocenters. The maximum Gasteiger partial charge on any atom is 0.115 e. The zero-order valence-corrected chi connectivity index (χ0v) is 9.27. The molecule has 0 aliphatic carbocycles. The summed E-state index contributed by atoms with van der Waals surface area (Å²) in [6, 6.07) is 15.6. The van der Waals surface area contributed by atoms with Crippen molar-refractivity contribution in [3.05, 3.63) is 54.1 Å². The Morgan fingerprint density at radius 1 is 1.00 bits per heavy atom. The van der Waals surface area contributed by atoms with Crippen LogP contribution in [-0.2, 0) is 6.54 Å². The SMILES string of the molecule is CNCc1ccccc1-c1ccc(O)cc1. The number of hydrogen-bond acceptors (Lipinski definition) is 2. The van der Waals surface area contributed by atoms with Gasteiger partial charge in [0.1, 0.15) is 5.75 Å². The fourth-order valence-corrected chi connectivity index (χ4v) is 1.79. The lowest BCUT2D eigenvalue weighted by Gasteiger charge is -2.09. The van der Waals surface area contributed by atoms with Gasteiger partial charge in [-0.15, -0.1) is 0 Å². The largest absolute Gasteiger partial charge is 0.508 e. The van der Waals surface area contributed by atoms with Gasteiger partial charge in [0.05, 0.1) is 0 Å². The van der Waals surface area contributed by atoms with E-state index in [2.05, 4.69) is 17.4 Å². The van der Waals surface area contributed by atoms with Crippen molar-refractivity contribution in [1.82, 2.24) is 5.32 Å². The molecule has 0 bridgehead atoms. The normalized spacial score (nSPS) is 10.3. The maximum atomic E-state index is 9.26. The Morgan fingerprint density at radius 2 is 1.69 bits per heavy atom. The fraction of sp³-hybridized carbons (Fsp3) is 0.143. The number of aromatic hydroxyl groups is 1. The Kier molecular flexibility index (Phi) is 3.22. The van der Waals surface area contributed by atoms with Crippen molar-refractivity contribution in [3.8, 4) is 16.9 Å². The van der Waals surface area contributed by atoms with Crippen LogP contribution in [0, 0.1) is 0 Å². The summed E-state index contributed by atoms with van der Waals surface area (Å²) in [5.74, 6) is 0.301. The first kappa shape index (κ1) is 10.7. The molecule has 2 aromatic carbocycles. The highest BCUT2D eigenvalue weighted by Crippen LogP contribution is 2.25. The predicted molar refractivity (Wildman–Crippen MR) is 66.3 cm³/mol. The highest BCUT2D eigenvalue weighted by Gasteiger charge is 2.03. The van der Waals surface area contributed by atoms with Crippen LogP contribution in [0.4, 0.5) is 0 Å². The Bertz CT molecular complexity index is 462. The minimum absolute atomic E-state index is 0.301. The number of phenolic OH excluding ortho intramolecular Hbond substituents is 1. The molecule has 2 heteroatoms.